The van der Waals surface area contributed by atoms with Gasteiger partial charge in [-0.3, -0.25) is 10.0 Å². The second-order valence-corrected chi connectivity index (χ2v) is 4.72. The van der Waals surface area contributed by atoms with Crippen LogP contribution in [-0.4, -0.2) is 11.6 Å². The molecule has 0 bridgehead atoms. The van der Waals surface area contributed by atoms with Crippen molar-refractivity contribution in [2.45, 2.75) is 20.3 Å². The third-order valence-electron chi connectivity index (χ3n) is 2.95. The van der Waals surface area contributed by atoms with Crippen LogP contribution in [0, 0.1) is 0 Å². The van der Waals surface area contributed by atoms with Crippen LogP contribution in [0.5, 0.6) is 0 Å². The Morgan fingerprint density at radius 2 is 1.82 bits per heavy atom. The number of halogens is 1. The van der Waals surface area contributed by atoms with E-state index in [0.29, 0.717) is 0 Å². The van der Waals surface area contributed by atoms with Crippen LogP contribution in [0.4, 0.5) is 5.69 Å². The summed E-state index contributed by atoms with van der Waals surface area (Å²) in [6.45, 7) is 9.43. The summed E-state index contributed by atoms with van der Waals surface area (Å²) in [6.07, 6.45) is 0.997. The SMILES string of the molecule is C=C1C(Br)=C(CC)N(CC)N1c1ccccc1. The van der Waals surface area contributed by atoms with Crippen molar-refractivity contribution < 1.29 is 0 Å². The first-order valence-corrected chi connectivity index (χ1v) is 6.70. The summed E-state index contributed by atoms with van der Waals surface area (Å²) in [4.78, 5) is 0. The summed E-state index contributed by atoms with van der Waals surface area (Å²) in [5.74, 6) is 0. The summed E-state index contributed by atoms with van der Waals surface area (Å²) in [6, 6.07) is 10.3. The van der Waals surface area contributed by atoms with Crippen LogP contribution in [0.1, 0.15) is 20.3 Å². The molecule has 2 rings (SSSR count). The molecule has 0 amide bonds. The van der Waals surface area contributed by atoms with Crippen molar-refractivity contribution >= 4 is 21.6 Å². The fourth-order valence-electron chi connectivity index (χ4n) is 2.17. The Balaban J connectivity index is 2.41. The second kappa shape index (κ2) is 4.96. The van der Waals surface area contributed by atoms with Crippen LogP contribution in [-0.2, 0) is 0 Å². The molecule has 0 radical (unpaired) electrons. The standard InChI is InChI=1S/C14H17BrN2/c1-4-13-14(15)11(3)17(16(13)5-2)12-9-7-6-8-10-12/h6-10H,3-5H2,1-2H3. The van der Waals surface area contributed by atoms with Gasteiger partial charge in [-0.1, -0.05) is 31.7 Å². The Hall–Kier alpha value is -1.22. The van der Waals surface area contributed by atoms with Gasteiger partial charge in [-0.15, -0.1) is 0 Å². The van der Waals surface area contributed by atoms with E-state index >= 15 is 0 Å². The van der Waals surface area contributed by atoms with Gasteiger partial charge < -0.3 is 0 Å². The number of anilines is 1. The first kappa shape index (κ1) is 12.2. The number of benzene rings is 1. The molecular formula is C14H17BrN2. The monoisotopic (exact) mass is 292 g/mol. The smallest absolute Gasteiger partial charge is 0.0721 e. The molecule has 0 spiro atoms. The molecule has 0 unspecified atom stereocenters. The Morgan fingerprint density at radius 3 is 2.35 bits per heavy atom. The lowest BCUT2D eigenvalue weighted by molar-refractivity contribution is 0.368. The third kappa shape index (κ3) is 2.00. The number of para-hydroxylation sites is 1. The Morgan fingerprint density at radius 1 is 1.18 bits per heavy atom. The fourth-order valence-corrected chi connectivity index (χ4v) is 2.83. The summed E-state index contributed by atoms with van der Waals surface area (Å²) in [7, 11) is 0. The average Bonchev–Trinajstić information content (AvgIpc) is 2.62. The van der Waals surface area contributed by atoms with Crippen molar-refractivity contribution in [1.82, 2.24) is 5.01 Å². The van der Waals surface area contributed by atoms with Gasteiger partial charge in [-0.2, -0.15) is 0 Å². The minimum Gasteiger partial charge on any atom is -0.284 e. The molecule has 90 valence electrons. The maximum atomic E-state index is 4.17. The van der Waals surface area contributed by atoms with Gasteiger partial charge in [0.05, 0.1) is 21.6 Å². The molecule has 0 atom stereocenters. The molecule has 2 nitrogen and oxygen atoms in total. The molecule has 1 heterocycles. The molecule has 1 aliphatic rings. The first-order valence-electron chi connectivity index (χ1n) is 5.91. The minimum atomic E-state index is 0.937. The highest BCUT2D eigenvalue weighted by molar-refractivity contribution is 9.12. The van der Waals surface area contributed by atoms with Crippen molar-refractivity contribution in [2.75, 3.05) is 11.6 Å². The number of hydrogen-bond donors (Lipinski definition) is 0. The van der Waals surface area contributed by atoms with Crippen molar-refractivity contribution in [3.05, 3.63) is 52.8 Å². The Kier molecular flexibility index (Phi) is 3.57. The Labute approximate surface area is 111 Å². The van der Waals surface area contributed by atoms with Gasteiger partial charge in [0.2, 0.25) is 0 Å². The number of nitrogens with zero attached hydrogens (tertiary/aromatic N) is 2. The number of hydrazine groups is 1. The molecule has 1 aromatic rings. The molecule has 3 heteroatoms. The number of hydrogen-bond acceptors (Lipinski definition) is 2. The highest BCUT2D eigenvalue weighted by atomic mass is 79.9. The fraction of sp³-hybridized carbons (Fsp3) is 0.286. The van der Waals surface area contributed by atoms with Gasteiger partial charge in [0, 0.05) is 6.54 Å². The van der Waals surface area contributed by atoms with Crippen LogP contribution >= 0.6 is 15.9 Å². The maximum Gasteiger partial charge on any atom is 0.0721 e. The number of allylic oxidation sites excluding steroid dienone is 2. The van der Waals surface area contributed by atoms with E-state index in [1.807, 2.05) is 18.2 Å². The molecule has 1 aliphatic heterocycles. The molecular weight excluding hydrogens is 276 g/mol. The zero-order valence-electron chi connectivity index (χ0n) is 10.3. The molecule has 0 N–H and O–H groups in total. The predicted octanol–water partition coefficient (Wildman–Crippen LogP) is 4.27. The molecule has 0 saturated carbocycles. The van der Waals surface area contributed by atoms with Gasteiger partial charge in [0.25, 0.3) is 0 Å². The van der Waals surface area contributed by atoms with E-state index in [2.05, 4.69) is 58.5 Å². The second-order valence-electron chi connectivity index (χ2n) is 3.92. The lowest BCUT2D eigenvalue weighted by Gasteiger charge is -2.33. The van der Waals surface area contributed by atoms with Crippen molar-refractivity contribution in [3.63, 3.8) is 0 Å². The summed E-state index contributed by atoms with van der Waals surface area (Å²) in [5.41, 5.74) is 3.45. The topological polar surface area (TPSA) is 6.48 Å². The molecule has 0 saturated heterocycles. The lowest BCUT2D eigenvalue weighted by atomic mass is 10.3. The summed E-state index contributed by atoms with van der Waals surface area (Å²) in [5, 5.41) is 4.44. The normalized spacial score (nSPS) is 16.1. The van der Waals surface area contributed by atoms with E-state index in [4.69, 9.17) is 0 Å². The largest absolute Gasteiger partial charge is 0.284 e. The van der Waals surface area contributed by atoms with E-state index in [1.165, 1.54) is 5.70 Å². The zero-order valence-corrected chi connectivity index (χ0v) is 11.9. The maximum absolute atomic E-state index is 4.17. The highest BCUT2D eigenvalue weighted by Gasteiger charge is 2.30. The van der Waals surface area contributed by atoms with Crippen LogP contribution in [0.25, 0.3) is 0 Å². The van der Waals surface area contributed by atoms with Gasteiger partial charge in [-0.05, 0) is 41.4 Å². The van der Waals surface area contributed by atoms with Crippen molar-refractivity contribution in [1.29, 1.82) is 0 Å². The van der Waals surface area contributed by atoms with Gasteiger partial charge >= 0.3 is 0 Å². The van der Waals surface area contributed by atoms with Crippen LogP contribution < -0.4 is 5.01 Å². The van der Waals surface area contributed by atoms with E-state index in [0.717, 1.165) is 28.8 Å². The van der Waals surface area contributed by atoms with Crippen molar-refractivity contribution in [3.8, 4) is 0 Å². The molecule has 0 aromatic heterocycles. The molecule has 0 fully saturated rings. The van der Waals surface area contributed by atoms with Crippen LogP contribution in [0.2, 0.25) is 0 Å². The lowest BCUT2D eigenvalue weighted by Crippen LogP contribution is -2.36. The van der Waals surface area contributed by atoms with Gasteiger partial charge in [-0.25, -0.2) is 0 Å². The van der Waals surface area contributed by atoms with Crippen LogP contribution in [0.3, 0.4) is 0 Å². The highest BCUT2D eigenvalue weighted by Crippen LogP contribution is 2.39. The molecule has 0 aliphatic carbocycles. The van der Waals surface area contributed by atoms with Crippen LogP contribution in [0.15, 0.2) is 52.8 Å². The molecule has 17 heavy (non-hydrogen) atoms. The number of rotatable bonds is 3. The molecule has 1 aromatic carbocycles. The minimum absolute atomic E-state index is 0.937. The Bertz CT molecular complexity index is 451. The predicted molar refractivity (Wildman–Crippen MR) is 76.7 cm³/mol. The first-order chi connectivity index (χ1) is 8.20. The van der Waals surface area contributed by atoms with E-state index in [1.54, 1.807) is 0 Å². The summed E-state index contributed by atoms with van der Waals surface area (Å²) < 4.78 is 1.12. The van der Waals surface area contributed by atoms with E-state index in [9.17, 15) is 0 Å². The van der Waals surface area contributed by atoms with Gasteiger partial charge in [0.1, 0.15) is 0 Å². The zero-order chi connectivity index (χ0) is 12.4. The third-order valence-corrected chi connectivity index (χ3v) is 3.87. The summed E-state index contributed by atoms with van der Waals surface area (Å²) >= 11 is 3.65. The quantitative estimate of drug-likeness (QED) is 0.821. The van der Waals surface area contributed by atoms with E-state index in [-0.39, 0.29) is 0 Å². The van der Waals surface area contributed by atoms with E-state index < -0.39 is 0 Å². The van der Waals surface area contributed by atoms with Gasteiger partial charge in [0.15, 0.2) is 0 Å². The van der Waals surface area contributed by atoms with Crippen molar-refractivity contribution in [2.24, 2.45) is 0 Å². The average molecular weight is 293 g/mol.